The van der Waals surface area contributed by atoms with Crippen LogP contribution in [0, 0.1) is 19.8 Å². The number of aryl methyl sites for hydroxylation is 3. The Morgan fingerprint density at radius 2 is 1.85 bits per heavy atom. The molecule has 2 aromatic rings. The van der Waals surface area contributed by atoms with Crippen molar-refractivity contribution >= 4 is 5.82 Å². The molecule has 1 N–H and O–H groups in total. The minimum atomic E-state index is 0.438. The third kappa shape index (κ3) is 3.64. The lowest BCUT2D eigenvalue weighted by Gasteiger charge is -2.30. The summed E-state index contributed by atoms with van der Waals surface area (Å²) in [5.41, 5.74) is 5.18. The molecular formula is C21H30N4O. The van der Waals surface area contributed by atoms with Crippen molar-refractivity contribution in [3.8, 4) is 0 Å². The SMILES string of the molecule is Cc1ccc(C(NCc2c(C)nn(C)c2N2CCOCC2)C2CC2)cc1. The lowest BCUT2D eigenvalue weighted by atomic mass is 10.0. The fraction of sp³-hybridized carbons (Fsp3) is 0.571. The number of hydrogen-bond acceptors (Lipinski definition) is 4. The van der Waals surface area contributed by atoms with E-state index in [-0.39, 0.29) is 0 Å². The number of nitrogens with one attached hydrogen (secondary N) is 1. The van der Waals surface area contributed by atoms with E-state index in [1.807, 2.05) is 4.68 Å². The molecule has 1 unspecified atom stereocenters. The van der Waals surface area contributed by atoms with Gasteiger partial charge in [-0.3, -0.25) is 4.68 Å². The second-order valence-corrected chi connectivity index (χ2v) is 7.72. The summed E-state index contributed by atoms with van der Waals surface area (Å²) in [4.78, 5) is 2.42. The molecule has 2 heterocycles. The molecule has 1 aliphatic carbocycles. The number of benzene rings is 1. The molecule has 1 aromatic heterocycles. The van der Waals surface area contributed by atoms with E-state index in [4.69, 9.17) is 9.84 Å². The zero-order valence-electron chi connectivity index (χ0n) is 16.2. The maximum atomic E-state index is 5.53. The van der Waals surface area contributed by atoms with Crippen molar-refractivity contribution in [3.63, 3.8) is 0 Å². The van der Waals surface area contributed by atoms with Crippen LogP contribution in [0.1, 0.15) is 41.3 Å². The first-order valence-electron chi connectivity index (χ1n) is 9.78. The number of aromatic nitrogens is 2. The molecular weight excluding hydrogens is 324 g/mol. The minimum Gasteiger partial charge on any atom is -0.378 e. The molecule has 1 aromatic carbocycles. The van der Waals surface area contributed by atoms with Gasteiger partial charge in [-0.05, 0) is 38.2 Å². The van der Waals surface area contributed by atoms with Crippen LogP contribution in [0.25, 0.3) is 0 Å². The Morgan fingerprint density at radius 1 is 1.15 bits per heavy atom. The highest BCUT2D eigenvalue weighted by atomic mass is 16.5. The number of rotatable bonds is 6. The minimum absolute atomic E-state index is 0.438. The van der Waals surface area contributed by atoms with E-state index >= 15 is 0 Å². The van der Waals surface area contributed by atoms with Crippen LogP contribution in [-0.2, 0) is 18.3 Å². The van der Waals surface area contributed by atoms with Crippen LogP contribution in [-0.4, -0.2) is 36.1 Å². The van der Waals surface area contributed by atoms with Gasteiger partial charge in [-0.1, -0.05) is 29.8 Å². The van der Waals surface area contributed by atoms with Crippen LogP contribution in [0.4, 0.5) is 5.82 Å². The van der Waals surface area contributed by atoms with Gasteiger partial charge in [-0.15, -0.1) is 0 Å². The molecule has 2 aliphatic rings. The van der Waals surface area contributed by atoms with Crippen molar-refractivity contribution in [1.29, 1.82) is 0 Å². The van der Waals surface area contributed by atoms with Crippen molar-refractivity contribution in [2.75, 3.05) is 31.2 Å². The van der Waals surface area contributed by atoms with Gasteiger partial charge in [-0.25, -0.2) is 0 Å². The van der Waals surface area contributed by atoms with Crippen LogP contribution in [0.2, 0.25) is 0 Å². The van der Waals surface area contributed by atoms with Gasteiger partial charge < -0.3 is 15.0 Å². The zero-order valence-corrected chi connectivity index (χ0v) is 16.2. The van der Waals surface area contributed by atoms with Crippen molar-refractivity contribution in [3.05, 3.63) is 46.6 Å². The fourth-order valence-corrected chi connectivity index (χ4v) is 4.04. The van der Waals surface area contributed by atoms with Gasteiger partial charge in [0, 0.05) is 38.3 Å². The number of anilines is 1. The van der Waals surface area contributed by atoms with Crippen LogP contribution in [0.15, 0.2) is 24.3 Å². The number of hydrogen-bond donors (Lipinski definition) is 1. The monoisotopic (exact) mass is 354 g/mol. The van der Waals surface area contributed by atoms with Gasteiger partial charge in [0.25, 0.3) is 0 Å². The van der Waals surface area contributed by atoms with E-state index in [1.165, 1.54) is 35.3 Å². The summed E-state index contributed by atoms with van der Waals surface area (Å²) in [5, 5.41) is 8.56. The van der Waals surface area contributed by atoms with E-state index < -0.39 is 0 Å². The first kappa shape index (κ1) is 17.6. The average Bonchev–Trinajstić information content (AvgIpc) is 3.43. The Labute approximate surface area is 156 Å². The van der Waals surface area contributed by atoms with Gasteiger partial charge in [0.05, 0.1) is 18.9 Å². The summed E-state index contributed by atoms with van der Waals surface area (Å²) in [6, 6.07) is 9.45. The van der Waals surface area contributed by atoms with Crippen molar-refractivity contribution < 1.29 is 4.74 Å². The number of nitrogens with zero attached hydrogens (tertiary/aromatic N) is 3. The average molecular weight is 354 g/mol. The van der Waals surface area contributed by atoms with Crippen LogP contribution >= 0.6 is 0 Å². The van der Waals surface area contributed by atoms with E-state index in [1.54, 1.807) is 0 Å². The molecule has 140 valence electrons. The summed E-state index contributed by atoms with van der Waals surface area (Å²) >= 11 is 0. The van der Waals surface area contributed by atoms with E-state index in [2.05, 4.69) is 55.4 Å². The van der Waals surface area contributed by atoms with Gasteiger partial charge in [0.2, 0.25) is 0 Å². The predicted octanol–water partition coefficient (Wildman–Crippen LogP) is 3.11. The molecule has 1 saturated heterocycles. The first-order chi connectivity index (χ1) is 12.6. The van der Waals surface area contributed by atoms with Crippen LogP contribution in [0.5, 0.6) is 0 Å². The Kier molecular flexibility index (Phi) is 5.00. The molecule has 1 atom stereocenters. The summed E-state index contributed by atoms with van der Waals surface area (Å²) in [6.45, 7) is 8.61. The standard InChI is InChI=1S/C21H30N4O/c1-15-4-6-17(7-5-15)20(18-8-9-18)22-14-19-16(2)23-24(3)21(19)25-10-12-26-13-11-25/h4-7,18,20,22H,8-14H2,1-3H3. The molecule has 1 saturated carbocycles. The molecule has 0 radical (unpaired) electrons. The zero-order chi connectivity index (χ0) is 18.1. The molecule has 2 fully saturated rings. The molecule has 0 bridgehead atoms. The Bertz CT molecular complexity index is 742. The number of ether oxygens (including phenoxy) is 1. The topological polar surface area (TPSA) is 42.3 Å². The molecule has 26 heavy (non-hydrogen) atoms. The maximum absolute atomic E-state index is 5.53. The highest BCUT2D eigenvalue weighted by Gasteiger charge is 2.32. The molecule has 5 heteroatoms. The van der Waals surface area contributed by atoms with Crippen LogP contribution < -0.4 is 10.2 Å². The smallest absolute Gasteiger partial charge is 0.131 e. The second kappa shape index (κ2) is 7.41. The summed E-state index contributed by atoms with van der Waals surface area (Å²) < 4.78 is 7.56. The van der Waals surface area contributed by atoms with Gasteiger partial charge in [0.1, 0.15) is 5.82 Å². The van der Waals surface area contributed by atoms with E-state index in [0.29, 0.717) is 6.04 Å². The van der Waals surface area contributed by atoms with Crippen molar-refractivity contribution in [2.24, 2.45) is 13.0 Å². The summed E-state index contributed by atoms with van der Waals surface area (Å²) in [6.07, 6.45) is 2.65. The maximum Gasteiger partial charge on any atom is 0.131 e. The first-order valence-corrected chi connectivity index (χ1v) is 9.78. The third-order valence-corrected chi connectivity index (χ3v) is 5.65. The Balaban J connectivity index is 1.53. The predicted molar refractivity (Wildman–Crippen MR) is 104 cm³/mol. The van der Waals surface area contributed by atoms with E-state index in [9.17, 15) is 0 Å². The largest absolute Gasteiger partial charge is 0.378 e. The van der Waals surface area contributed by atoms with Gasteiger partial charge in [0.15, 0.2) is 0 Å². The lowest BCUT2D eigenvalue weighted by Crippen LogP contribution is -2.38. The highest BCUT2D eigenvalue weighted by Crippen LogP contribution is 2.41. The summed E-state index contributed by atoms with van der Waals surface area (Å²) in [5.74, 6) is 2.01. The molecule has 0 amide bonds. The van der Waals surface area contributed by atoms with Crippen LogP contribution in [0.3, 0.4) is 0 Å². The quantitative estimate of drug-likeness (QED) is 0.865. The van der Waals surface area contributed by atoms with E-state index in [0.717, 1.165) is 44.5 Å². The fourth-order valence-electron chi connectivity index (χ4n) is 4.04. The normalized spacial score (nSPS) is 19.0. The van der Waals surface area contributed by atoms with Crippen molar-refractivity contribution in [1.82, 2.24) is 15.1 Å². The summed E-state index contributed by atoms with van der Waals surface area (Å²) in [7, 11) is 2.06. The molecule has 5 nitrogen and oxygen atoms in total. The third-order valence-electron chi connectivity index (χ3n) is 5.65. The van der Waals surface area contributed by atoms with Gasteiger partial charge in [-0.2, -0.15) is 5.10 Å². The molecule has 0 spiro atoms. The Hall–Kier alpha value is -1.85. The Morgan fingerprint density at radius 3 is 2.50 bits per heavy atom. The molecule has 1 aliphatic heterocycles. The lowest BCUT2D eigenvalue weighted by molar-refractivity contribution is 0.122. The second-order valence-electron chi connectivity index (χ2n) is 7.72. The van der Waals surface area contributed by atoms with Crippen molar-refractivity contribution in [2.45, 2.75) is 39.3 Å². The molecule has 4 rings (SSSR count). The number of morpholine rings is 1. The van der Waals surface area contributed by atoms with Gasteiger partial charge >= 0.3 is 0 Å². The highest BCUT2D eigenvalue weighted by molar-refractivity contribution is 5.50.